The summed E-state index contributed by atoms with van der Waals surface area (Å²) in [6, 6.07) is 106. The van der Waals surface area contributed by atoms with Gasteiger partial charge in [0.05, 0.1) is 33.1 Å². The Morgan fingerprint density at radius 3 is 0.850 bits per heavy atom. The van der Waals surface area contributed by atoms with Crippen molar-refractivity contribution in [3.8, 4) is 78.4 Å². The highest BCUT2D eigenvalue weighted by atomic mass is 15.0. The molecule has 4 heteroatoms. The van der Waals surface area contributed by atoms with Crippen LogP contribution in [-0.2, 0) is 0 Å². The van der Waals surface area contributed by atoms with Crippen LogP contribution in [0.3, 0.4) is 0 Å². The van der Waals surface area contributed by atoms with E-state index in [9.17, 15) is 0 Å². The number of rotatable bonds is 9. The second-order valence-corrected chi connectivity index (χ2v) is 21.0. The molecule has 0 bridgehead atoms. The van der Waals surface area contributed by atoms with Crippen molar-refractivity contribution in [1.29, 1.82) is 0 Å². The van der Waals surface area contributed by atoms with Gasteiger partial charge >= 0.3 is 0 Å². The van der Waals surface area contributed by atoms with Gasteiger partial charge in [-0.05, 0) is 141 Å². The Kier molecular flexibility index (Phi) is 10.5. The van der Waals surface area contributed by atoms with Gasteiger partial charge in [0.15, 0.2) is 0 Å². The van der Waals surface area contributed by atoms with Gasteiger partial charge in [-0.25, -0.2) is 0 Å². The van der Waals surface area contributed by atoms with Gasteiger partial charge in [-0.1, -0.05) is 206 Å². The lowest BCUT2D eigenvalue weighted by Gasteiger charge is -2.15. The zero-order chi connectivity index (χ0) is 52.7. The second kappa shape index (κ2) is 18.5. The van der Waals surface area contributed by atoms with E-state index in [1.807, 2.05) is 0 Å². The first-order chi connectivity index (χ1) is 39.7. The van der Waals surface area contributed by atoms with Gasteiger partial charge in [-0.2, -0.15) is 0 Å². The van der Waals surface area contributed by atoms with E-state index in [0.29, 0.717) is 0 Å². The average molecular weight is 1020 g/mol. The van der Waals surface area contributed by atoms with E-state index in [-0.39, 0.29) is 0 Å². The zero-order valence-corrected chi connectivity index (χ0v) is 43.7. The van der Waals surface area contributed by atoms with Crippen LogP contribution < -0.4 is 0 Å². The maximum atomic E-state index is 2.47. The lowest BCUT2D eigenvalue weighted by molar-refractivity contribution is 1.12. The predicted octanol–water partition coefficient (Wildman–Crippen LogP) is 20.1. The van der Waals surface area contributed by atoms with E-state index in [0.717, 1.165) is 33.9 Å². The summed E-state index contributed by atoms with van der Waals surface area (Å²) in [5, 5.41) is 7.29. The third-order valence-electron chi connectivity index (χ3n) is 16.4. The number of para-hydroxylation sites is 2. The van der Waals surface area contributed by atoms with E-state index in [4.69, 9.17) is 0 Å². The third kappa shape index (κ3) is 7.45. The molecule has 374 valence electrons. The molecular formula is C76H50N4. The highest BCUT2D eigenvalue weighted by Gasteiger charge is 2.21. The minimum absolute atomic E-state index is 1.11. The van der Waals surface area contributed by atoms with Gasteiger partial charge in [0.25, 0.3) is 0 Å². The van der Waals surface area contributed by atoms with E-state index in [1.165, 1.54) is 110 Å². The summed E-state index contributed by atoms with van der Waals surface area (Å²) in [6.07, 6.45) is 4.48. The molecule has 4 nitrogen and oxygen atoms in total. The molecule has 16 rings (SSSR count). The van der Waals surface area contributed by atoms with E-state index >= 15 is 0 Å². The van der Waals surface area contributed by atoms with Crippen molar-refractivity contribution in [3.05, 3.63) is 304 Å². The van der Waals surface area contributed by atoms with Gasteiger partial charge in [-0.3, -0.25) is 0 Å². The summed E-state index contributed by atoms with van der Waals surface area (Å²) in [5.74, 6) is 0. The maximum absolute atomic E-state index is 2.47. The molecule has 0 aliphatic heterocycles. The third-order valence-corrected chi connectivity index (χ3v) is 16.4. The molecule has 0 saturated heterocycles. The molecular weight excluding hydrogens is 969 g/mol. The first-order valence-corrected chi connectivity index (χ1v) is 27.5. The number of hydrogen-bond donors (Lipinski definition) is 0. The van der Waals surface area contributed by atoms with Gasteiger partial charge in [0.1, 0.15) is 0 Å². The second-order valence-electron chi connectivity index (χ2n) is 21.0. The fourth-order valence-electron chi connectivity index (χ4n) is 12.6. The fourth-order valence-corrected chi connectivity index (χ4v) is 12.6. The molecule has 0 fully saturated rings. The van der Waals surface area contributed by atoms with Crippen LogP contribution in [0.2, 0.25) is 0 Å². The van der Waals surface area contributed by atoms with Crippen LogP contribution in [0.25, 0.3) is 144 Å². The van der Waals surface area contributed by atoms with Crippen molar-refractivity contribution in [3.63, 3.8) is 0 Å². The normalized spacial score (nSPS) is 11.8. The Morgan fingerprint density at radius 2 is 0.500 bits per heavy atom. The summed E-state index contributed by atoms with van der Waals surface area (Å²) in [4.78, 5) is 0. The summed E-state index contributed by atoms with van der Waals surface area (Å²) in [7, 11) is 0. The molecule has 16 aromatic rings. The summed E-state index contributed by atoms with van der Waals surface area (Å²) < 4.78 is 9.72. The average Bonchev–Trinajstić information content (AvgIpc) is 4.47. The molecule has 0 aliphatic rings. The van der Waals surface area contributed by atoms with Gasteiger partial charge in [-0.15, -0.1) is 0 Å². The van der Waals surface area contributed by atoms with Crippen molar-refractivity contribution in [1.82, 2.24) is 18.3 Å². The van der Waals surface area contributed by atoms with Crippen LogP contribution in [0.15, 0.2) is 304 Å². The maximum Gasteiger partial charge on any atom is 0.0788 e. The Hall–Kier alpha value is -10.7. The topological polar surface area (TPSA) is 19.7 Å². The van der Waals surface area contributed by atoms with Crippen LogP contribution in [0.1, 0.15) is 0 Å². The largest absolute Gasteiger partial charge is 0.315 e. The molecule has 0 saturated carbocycles. The Labute approximate surface area is 463 Å². The molecule has 0 N–H and O–H groups in total. The van der Waals surface area contributed by atoms with E-state index in [1.54, 1.807) is 0 Å². The fraction of sp³-hybridized carbons (Fsp3) is 0. The summed E-state index contributed by atoms with van der Waals surface area (Å²) in [5.41, 5.74) is 23.3. The standard InChI is InChI=1S/C76H50N4/c1-5-17-51(18-6-1)59-45-60(52-19-7-2-8-20-52)48-65(47-59)77-43-41-57-33-39-69-67-25-13-15-27-71(67)79(75(69)73(57)77)63-35-29-55(30-36-63)56-31-37-64(38-32-56)80-72-28-16-14-26-68(72)70-40-34-58-42-44-78(74(58)76(70)80)66-49-61(53-21-9-3-10-22-53)46-62(50-66)54-23-11-4-12-24-54/h1-50H. The van der Waals surface area contributed by atoms with Crippen LogP contribution in [0, 0.1) is 0 Å². The monoisotopic (exact) mass is 1020 g/mol. The van der Waals surface area contributed by atoms with Crippen LogP contribution in [-0.4, -0.2) is 18.3 Å². The molecule has 4 heterocycles. The quantitative estimate of drug-likeness (QED) is 0.137. The van der Waals surface area contributed by atoms with Crippen molar-refractivity contribution in [2.75, 3.05) is 0 Å². The molecule has 0 aliphatic carbocycles. The molecule has 0 amide bonds. The van der Waals surface area contributed by atoms with Gasteiger partial charge in [0.2, 0.25) is 0 Å². The number of aromatic nitrogens is 4. The molecule has 0 spiro atoms. The minimum atomic E-state index is 1.11. The highest BCUT2D eigenvalue weighted by Crippen LogP contribution is 2.42. The molecule has 0 unspecified atom stereocenters. The molecule has 4 aromatic heterocycles. The lowest BCUT2D eigenvalue weighted by Crippen LogP contribution is -1.99. The summed E-state index contributed by atoms with van der Waals surface area (Å²) >= 11 is 0. The van der Waals surface area contributed by atoms with Crippen molar-refractivity contribution >= 4 is 65.4 Å². The Bertz CT molecular complexity index is 4570. The molecule has 0 radical (unpaired) electrons. The first-order valence-electron chi connectivity index (χ1n) is 27.5. The molecule has 80 heavy (non-hydrogen) atoms. The predicted molar refractivity (Wildman–Crippen MR) is 336 cm³/mol. The number of nitrogens with zero attached hydrogens (tertiary/aromatic N) is 4. The van der Waals surface area contributed by atoms with Crippen molar-refractivity contribution in [2.45, 2.75) is 0 Å². The van der Waals surface area contributed by atoms with E-state index in [2.05, 4.69) is 322 Å². The van der Waals surface area contributed by atoms with Gasteiger partial charge in [0, 0.05) is 67.5 Å². The number of benzene rings is 12. The van der Waals surface area contributed by atoms with Crippen molar-refractivity contribution in [2.24, 2.45) is 0 Å². The van der Waals surface area contributed by atoms with E-state index < -0.39 is 0 Å². The highest BCUT2D eigenvalue weighted by molar-refractivity contribution is 6.19. The lowest BCUT2D eigenvalue weighted by atomic mass is 9.98. The number of fused-ring (bicyclic) bond motifs is 10. The van der Waals surface area contributed by atoms with Crippen molar-refractivity contribution < 1.29 is 0 Å². The number of hydrogen-bond acceptors (Lipinski definition) is 0. The van der Waals surface area contributed by atoms with Crippen LogP contribution >= 0.6 is 0 Å². The SMILES string of the molecule is c1ccc(-c2cc(-c3ccccc3)cc(-n3ccc4ccc5c6ccccc6n(-c6ccc(-c7ccc(-n8c9ccccc9c9ccc%10ccn(-c%11cc(-c%12ccccc%12)cc(-c%12ccccc%12)c%11)c%10c98)cc7)cc6)c5c43)c2)cc1. The first kappa shape index (κ1) is 45.5. The minimum Gasteiger partial charge on any atom is -0.315 e. The van der Waals surface area contributed by atoms with Crippen LogP contribution in [0.4, 0.5) is 0 Å². The summed E-state index contributed by atoms with van der Waals surface area (Å²) in [6.45, 7) is 0. The van der Waals surface area contributed by atoms with Gasteiger partial charge < -0.3 is 18.3 Å². The smallest absolute Gasteiger partial charge is 0.0788 e. The molecule has 0 atom stereocenters. The zero-order valence-electron chi connectivity index (χ0n) is 43.7. The van der Waals surface area contributed by atoms with Crippen LogP contribution in [0.5, 0.6) is 0 Å². The molecule has 12 aromatic carbocycles. The Balaban J connectivity index is 0.810. The Morgan fingerprint density at radius 1 is 0.188 bits per heavy atom.